The van der Waals surface area contributed by atoms with Gasteiger partial charge in [0.2, 0.25) is 5.91 Å². The van der Waals surface area contributed by atoms with E-state index in [0.717, 1.165) is 6.92 Å². The Hall–Kier alpha value is -1.70. The SMILES string of the molecule is CC(=O)N[C@H]1[C@H]([C@H](O)[C@@H](CO)O[C@@H]2O[C@H](CO)[C@H](O)[C@H](O[C@@H]3O[C@H](CO)[C@H](O)[C@H](O)[C@H]3O)[C@H]2O)OC(O)(C(=O)O)C[C@@H]1O. The van der Waals surface area contributed by atoms with Crippen molar-refractivity contribution in [2.24, 2.45) is 0 Å². The maximum absolute atomic E-state index is 11.7. The highest BCUT2D eigenvalue weighted by Gasteiger charge is 2.56. The van der Waals surface area contributed by atoms with Crippen molar-refractivity contribution in [2.75, 3.05) is 19.8 Å². The number of hydrogen-bond donors (Lipinski definition) is 13. The second-order valence-electron chi connectivity index (χ2n) is 10.5. The molecular weight excluding hydrogens is 594 g/mol. The van der Waals surface area contributed by atoms with Crippen molar-refractivity contribution < 1.29 is 94.6 Å². The van der Waals surface area contributed by atoms with Crippen LogP contribution < -0.4 is 5.32 Å². The van der Waals surface area contributed by atoms with Crippen LogP contribution in [-0.4, -0.2) is 191 Å². The molecule has 0 aromatic carbocycles. The number of amides is 1. The summed E-state index contributed by atoms with van der Waals surface area (Å²) in [5.41, 5.74) is 0. The van der Waals surface area contributed by atoms with Gasteiger partial charge in [0.1, 0.15) is 67.1 Å². The Morgan fingerprint density at radius 3 is 2.02 bits per heavy atom. The number of carboxylic acid groups (broad SMARTS) is 1. The molecule has 0 aromatic heterocycles. The second kappa shape index (κ2) is 14.6. The maximum atomic E-state index is 11.7. The summed E-state index contributed by atoms with van der Waals surface area (Å²) < 4.78 is 26.6. The van der Waals surface area contributed by atoms with Crippen molar-refractivity contribution in [2.45, 2.75) is 111 Å². The van der Waals surface area contributed by atoms with Crippen LogP contribution in [0.3, 0.4) is 0 Å². The Bertz CT molecular complexity index is 942. The standard InChI is InChI=1S/C23H39NO19/c1-6(28)24-11-7(29)2-23(38,22(36)37)43-18(11)13(31)9(4-26)40-21-17(35)19(14(32)10(5-27)41-21)42-20-16(34)15(33)12(30)8(3-25)39-20/h7-21,25-27,29-35,38H,2-5H2,1H3,(H,24,28)(H,36,37)/t7-,8+,9+,10+,11+,12-,13+,14-,15-,16+,17+,18+,19-,20-,21+,23?/m0/s1. The minimum atomic E-state index is -3.03. The van der Waals surface area contributed by atoms with Crippen molar-refractivity contribution in [3.8, 4) is 0 Å². The van der Waals surface area contributed by atoms with E-state index in [1.807, 2.05) is 0 Å². The molecule has 3 aliphatic heterocycles. The van der Waals surface area contributed by atoms with E-state index in [2.05, 4.69) is 5.32 Å². The molecule has 20 heteroatoms. The van der Waals surface area contributed by atoms with Crippen LogP contribution in [0.1, 0.15) is 13.3 Å². The van der Waals surface area contributed by atoms with Gasteiger partial charge in [-0.15, -0.1) is 0 Å². The van der Waals surface area contributed by atoms with Gasteiger partial charge < -0.3 is 90.3 Å². The predicted octanol–water partition coefficient (Wildman–Crippen LogP) is -8.22. The van der Waals surface area contributed by atoms with Crippen LogP contribution >= 0.6 is 0 Å². The van der Waals surface area contributed by atoms with Gasteiger partial charge in [0, 0.05) is 13.3 Å². The van der Waals surface area contributed by atoms with Crippen molar-refractivity contribution in [3.05, 3.63) is 0 Å². The van der Waals surface area contributed by atoms with Gasteiger partial charge in [-0.05, 0) is 0 Å². The average molecular weight is 634 g/mol. The summed E-state index contributed by atoms with van der Waals surface area (Å²) >= 11 is 0. The van der Waals surface area contributed by atoms with E-state index in [1.165, 1.54) is 0 Å². The van der Waals surface area contributed by atoms with Crippen LogP contribution in [0, 0.1) is 0 Å². The smallest absolute Gasteiger partial charge is 0.364 e. The number of aliphatic hydroxyl groups excluding tert-OH is 10. The van der Waals surface area contributed by atoms with Crippen molar-refractivity contribution in [3.63, 3.8) is 0 Å². The molecule has 250 valence electrons. The zero-order chi connectivity index (χ0) is 32.4. The Morgan fingerprint density at radius 2 is 1.49 bits per heavy atom. The van der Waals surface area contributed by atoms with E-state index in [4.69, 9.17) is 23.7 Å². The molecule has 3 rings (SSSR count). The van der Waals surface area contributed by atoms with Crippen molar-refractivity contribution in [1.82, 2.24) is 5.32 Å². The van der Waals surface area contributed by atoms with Crippen LogP contribution in [0.4, 0.5) is 0 Å². The lowest BCUT2D eigenvalue weighted by atomic mass is 9.88. The first-order chi connectivity index (χ1) is 20.1. The minimum absolute atomic E-state index is 0.744. The summed E-state index contributed by atoms with van der Waals surface area (Å²) in [7, 11) is 0. The molecule has 43 heavy (non-hydrogen) atoms. The van der Waals surface area contributed by atoms with Gasteiger partial charge >= 0.3 is 5.97 Å². The van der Waals surface area contributed by atoms with Crippen LogP contribution in [0.5, 0.6) is 0 Å². The van der Waals surface area contributed by atoms with E-state index >= 15 is 0 Å². The quantitative estimate of drug-likeness (QED) is 0.100. The van der Waals surface area contributed by atoms with Crippen LogP contribution in [-0.2, 0) is 33.3 Å². The monoisotopic (exact) mass is 633 g/mol. The van der Waals surface area contributed by atoms with E-state index in [1.54, 1.807) is 0 Å². The number of carbonyl (C=O) groups excluding carboxylic acids is 1. The molecular formula is C23H39NO19. The lowest BCUT2D eigenvalue weighted by Gasteiger charge is -2.47. The second-order valence-corrected chi connectivity index (χ2v) is 10.5. The van der Waals surface area contributed by atoms with E-state index in [0.29, 0.717) is 0 Å². The highest BCUT2D eigenvalue weighted by molar-refractivity contribution is 5.76. The number of ether oxygens (including phenoxy) is 5. The van der Waals surface area contributed by atoms with Gasteiger partial charge in [-0.2, -0.15) is 0 Å². The molecule has 0 bridgehead atoms. The molecule has 0 radical (unpaired) electrons. The number of carboxylic acids is 1. The molecule has 0 spiro atoms. The van der Waals surface area contributed by atoms with Gasteiger partial charge in [-0.25, -0.2) is 4.79 Å². The summed E-state index contributed by atoms with van der Waals surface area (Å²) in [5, 5.41) is 125. The lowest BCUT2D eigenvalue weighted by molar-refractivity contribution is -0.368. The average Bonchev–Trinajstić information content (AvgIpc) is 2.95. The number of hydrogen-bond acceptors (Lipinski definition) is 18. The fraction of sp³-hybridized carbons (Fsp3) is 0.913. The van der Waals surface area contributed by atoms with Gasteiger partial charge in [0.05, 0.1) is 32.0 Å². The third-order valence-corrected chi connectivity index (χ3v) is 7.46. The zero-order valence-corrected chi connectivity index (χ0v) is 22.7. The summed E-state index contributed by atoms with van der Waals surface area (Å²) in [5.74, 6) is -5.71. The molecule has 1 unspecified atom stereocenters. The first kappa shape index (κ1) is 35.8. The number of carbonyl (C=O) groups is 2. The van der Waals surface area contributed by atoms with Gasteiger partial charge in [0.15, 0.2) is 12.6 Å². The number of nitrogens with one attached hydrogen (secondary N) is 1. The molecule has 3 heterocycles. The largest absolute Gasteiger partial charge is 0.477 e. The molecule has 20 nitrogen and oxygen atoms in total. The Morgan fingerprint density at radius 1 is 0.907 bits per heavy atom. The number of aliphatic carboxylic acids is 1. The fourth-order valence-electron chi connectivity index (χ4n) is 5.09. The highest BCUT2D eigenvalue weighted by atomic mass is 16.7. The molecule has 0 aromatic rings. The highest BCUT2D eigenvalue weighted by Crippen LogP contribution is 2.33. The molecule has 3 fully saturated rings. The Balaban J connectivity index is 1.84. The zero-order valence-electron chi connectivity index (χ0n) is 22.7. The maximum Gasteiger partial charge on any atom is 0.364 e. The van der Waals surface area contributed by atoms with Gasteiger partial charge in [-0.1, -0.05) is 0 Å². The molecule has 16 atom stereocenters. The molecule has 3 aliphatic rings. The van der Waals surface area contributed by atoms with Crippen LogP contribution in [0.15, 0.2) is 0 Å². The summed E-state index contributed by atoms with van der Waals surface area (Å²) in [6.07, 6.45) is -26.8. The van der Waals surface area contributed by atoms with Gasteiger partial charge in [-0.3, -0.25) is 4.79 Å². The molecule has 1 amide bonds. The molecule has 0 aliphatic carbocycles. The van der Waals surface area contributed by atoms with Crippen LogP contribution in [0.2, 0.25) is 0 Å². The normalized spacial score (nSPS) is 45.3. The predicted molar refractivity (Wildman–Crippen MR) is 130 cm³/mol. The minimum Gasteiger partial charge on any atom is -0.477 e. The third-order valence-electron chi connectivity index (χ3n) is 7.46. The first-order valence-corrected chi connectivity index (χ1v) is 13.2. The fourth-order valence-corrected chi connectivity index (χ4v) is 5.09. The number of aliphatic hydroxyl groups is 11. The van der Waals surface area contributed by atoms with Crippen molar-refractivity contribution in [1.29, 1.82) is 0 Å². The lowest BCUT2D eigenvalue weighted by Crippen LogP contribution is -2.68. The Kier molecular flexibility index (Phi) is 12.1. The van der Waals surface area contributed by atoms with Crippen molar-refractivity contribution >= 4 is 11.9 Å². The molecule has 0 saturated carbocycles. The summed E-state index contributed by atoms with van der Waals surface area (Å²) in [6, 6.07) is -1.53. The van der Waals surface area contributed by atoms with E-state index < -0.39 is 136 Å². The Labute approximate surface area is 243 Å². The van der Waals surface area contributed by atoms with E-state index in [-0.39, 0.29) is 0 Å². The molecule has 13 N–H and O–H groups in total. The third kappa shape index (κ3) is 7.58. The topological polar surface area (TPSA) is 335 Å². The van der Waals surface area contributed by atoms with Gasteiger partial charge in [0.25, 0.3) is 5.79 Å². The molecule has 3 saturated heterocycles. The van der Waals surface area contributed by atoms with E-state index in [9.17, 15) is 70.9 Å². The number of rotatable bonds is 11. The summed E-state index contributed by atoms with van der Waals surface area (Å²) in [6.45, 7) is -1.80. The first-order valence-electron chi connectivity index (χ1n) is 13.2. The summed E-state index contributed by atoms with van der Waals surface area (Å²) in [4.78, 5) is 23.3. The van der Waals surface area contributed by atoms with Crippen LogP contribution in [0.25, 0.3) is 0 Å².